The highest BCUT2D eigenvalue weighted by Gasteiger charge is 2.34. The van der Waals surface area contributed by atoms with Crippen LogP contribution < -0.4 is 20.3 Å². The van der Waals surface area contributed by atoms with E-state index in [4.69, 9.17) is 21.7 Å². The van der Waals surface area contributed by atoms with E-state index in [0.29, 0.717) is 28.4 Å². The highest BCUT2D eigenvalue weighted by atomic mass is 32.1. The van der Waals surface area contributed by atoms with Gasteiger partial charge < -0.3 is 9.47 Å². The highest BCUT2D eigenvalue weighted by Crippen LogP contribution is 2.28. The molecule has 1 aromatic heterocycles. The fourth-order valence-electron chi connectivity index (χ4n) is 3.38. The summed E-state index contributed by atoms with van der Waals surface area (Å²) in [6.45, 7) is 5.22. The van der Waals surface area contributed by atoms with Crippen molar-refractivity contribution < 1.29 is 23.9 Å². The van der Waals surface area contributed by atoms with Crippen LogP contribution in [-0.4, -0.2) is 33.6 Å². The normalized spacial score (nSPS) is 14.8. The molecule has 9 nitrogen and oxygen atoms in total. The van der Waals surface area contributed by atoms with Crippen LogP contribution in [0.25, 0.3) is 6.08 Å². The molecule has 1 fully saturated rings. The molecule has 2 heterocycles. The van der Waals surface area contributed by atoms with Crippen LogP contribution in [0.4, 0.5) is 16.2 Å². The Morgan fingerprint density at radius 3 is 2.38 bits per heavy atom. The predicted octanol–water partition coefficient (Wildman–Crippen LogP) is 5.05. The molecule has 0 spiro atoms. The number of carbonyl (C=O) groups is 3. The Kier molecular flexibility index (Phi) is 7.30. The molecule has 188 valence electrons. The number of nitrogens with one attached hydrogen (secondary N) is 2. The number of amides is 3. The second kappa shape index (κ2) is 10.6. The number of hydrogen-bond acceptors (Lipinski definition) is 7. The van der Waals surface area contributed by atoms with Crippen molar-refractivity contribution in [3.8, 4) is 11.5 Å². The van der Waals surface area contributed by atoms with Gasteiger partial charge in [-0.15, -0.1) is 0 Å². The summed E-state index contributed by atoms with van der Waals surface area (Å²) >= 11 is 5.28. The van der Waals surface area contributed by atoms with E-state index in [0.717, 1.165) is 0 Å². The number of benzene rings is 2. The van der Waals surface area contributed by atoms with Crippen molar-refractivity contribution in [2.24, 2.45) is 0 Å². The SMILES string of the molecule is CC(C)(C)OC(=O)Nc1ccncc1C=C1C(=O)NC(=S)N(c2ccc(Oc3ccccc3)cc2)C1=O. The van der Waals surface area contributed by atoms with E-state index in [1.165, 1.54) is 29.4 Å². The largest absolute Gasteiger partial charge is 0.457 e. The van der Waals surface area contributed by atoms with Gasteiger partial charge in [0.05, 0.1) is 11.4 Å². The molecule has 1 saturated heterocycles. The molecule has 1 aliphatic rings. The second-order valence-electron chi connectivity index (χ2n) is 8.96. The van der Waals surface area contributed by atoms with E-state index in [1.54, 1.807) is 45.0 Å². The quantitative estimate of drug-likeness (QED) is 0.277. The summed E-state index contributed by atoms with van der Waals surface area (Å²) in [5.41, 5.74) is 0.219. The zero-order valence-corrected chi connectivity index (χ0v) is 21.2. The first-order valence-corrected chi connectivity index (χ1v) is 11.7. The van der Waals surface area contributed by atoms with Gasteiger partial charge in [-0.3, -0.25) is 30.1 Å². The maximum Gasteiger partial charge on any atom is 0.412 e. The summed E-state index contributed by atoms with van der Waals surface area (Å²) < 4.78 is 11.1. The number of hydrogen-bond donors (Lipinski definition) is 2. The molecule has 1 aliphatic heterocycles. The Hall–Kier alpha value is -4.57. The maximum absolute atomic E-state index is 13.4. The van der Waals surface area contributed by atoms with Crippen LogP contribution in [0, 0.1) is 0 Å². The lowest BCUT2D eigenvalue weighted by Crippen LogP contribution is -2.54. The first-order valence-electron chi connectivity index (χ1n) is 11.3. The van der Waals surface area contributed by atoms with Gasteiger partial charge in [0.2, 0.25) is 0 Å². The Morgan fingerprint density at radius 2 is 1.70 bits per heavy atom. The summed E-state index contributed by atoms with van der Waals surface area (Å²) in [6.07, 6.45) is 3.56. The molecule has 0 saturated carbocycles. The molecule has 0 radical (unpaired) electrons. The third-order valence-corrected chi connectivity index (χ3v) is 5.25. The van der Waals surface area contributed by atoms with Crippen molar-refractivity contribution >= 4 is 52.7 Å². The minimum Gasteiger partial charge on any atom is -0.457 e. The van der Waals surface area contributed by atoms with Gasteiger partial charge in [0, 0.05) is 18.0 Å². The van der Waals surface area contributed by atoms with E-state index < -0.39 is 23.5 Å². The number of anilines is 2. The minimum atomic E-state index is -0.702. The fraction of sp³-hybridized carbons (Fsp3) is 0.148. The Labute approximate surface area is 219 Å². The molecular weight excluding hydrogens is 492 g/mol. The molecule has 4 rings (SSSR count). The highest BCUT2D eigenvalue weighted by molar-refractivity contribution is 7.80. The summed E-state index contributed by atoms with van der Waals surface area (Å²) in [5, 5.41) is 5.11. The van der Waals surface area contributed by atoms with Gasteiger partial charge in [0.15, 0.2) is 5.11 Å². The molecule has 3 amide bonds. The number of nitrogens with zero attached hydrogens (tertiary/aromatic N) is 2. The number of aromatic nitrogens is 1. The summed E-state index contributed by atoms with van der Waals surface area (Å²) in [7, 11) is 0. The van der Waals surface area contributed by atoms with Gasteiger partial charge in [-0.2, -0.15) is 0 Å². The first-order chi connectivity index (χ1) is 17.6. The maximum atomic E-state index is 13.4. The third kappa shape index (κ3) is 6.36. The van der Waals surface area contributed by atoms with Crippen LogP contribution in [0.3, 0.4) is 0 Å². The number of thiocarbonyl (C=S) groups is 1. The molecule has 2 N–H and O–H groups in total. The predicted molar refractivity (Wildman–Crippen MR) is 143 cm³/mol. The lowest BCUT2D eigenvalue weighted by molar-refractivity contribution is -0.122. The molecule has 0 atom stereocenters. The average Bonchev–Trinajstić information content (AvgIpc) is 2.83. The fourth-order valence-corrected chi connectivity index (χ4v) is 3.67. The number of pyridine rings is 1. The van der Waals surface area contributed by atoms with E-state index in [1.807, 2.05) is 30.3 Å². The Bertz CT molecular complexity index is 1380. The van der Waals surface area contributed by atoms with Gasteiger partial charge in [-0.05, 0) is 81.5 Å². The van der Waals surface area contributed by atoms with Gasteiger partial charge in [0.1, 0.15) is 22.7 Å². The smallest absolute Gasteiger partial charge is 0.412 e. The summed E-state index contributed by atoms with van der Waals surface area (Å²) in [5.74, 6) is -0.0529. The molecule has 0 bridgehead atoms. The summed E-state index contributed by atoms with van der Waals surface area (Å²) in [6, 6.07) is 17.5. The van der Waals surface area contributed by atoms with Crippen molar-refractivity contribution in [2.45, 2.75) is 26.4 Å². The molecule has 3 aromatic rings. The summed E-state index contributed by atoms with van der Waals surface area (Å²) in [4.78, 5) is 43.6. The van der Waals surface area contributed by atoms with Crippen LogP contribution in [-0.2, 0) is 14.3 Å². The van der Waals surface area contributed by atoms with Gasteiger partial charge >= 0.3 is 6.09 Å². The van der Waals surface area contributed by atoms with Crippen molar-refractivity contribution in [2.75, 3.05) is 10.2 Å². The molecule has 0 unspecified atom stereocenters. The van der Waals surface area contributed by atoms with Gasteiger partial charge in [0.25, 0.3) is 11.8 Å². The van der Waals surface area contributed by atoms with E-state index in [2.05, 4.69) is 15.6 Å². The van der Waals surface area contributed by atoms with Crippen LogP contribution in [0.5, 0.6) is 11.5 Å². The van der Waals surface area contributed by atoms with E-state index in [9.17, 15) is 14.4 Å². The standard InChI is InChI=1S/C27H24N4O5S/c1-27(2,3)36-26(34)29-22-13-14-28-16-17(22)15-21-23(32)30-25(37)31(24(21)33)18-9-11-20(12-10-18)35-19-7-5-4-6-8-19/h4-16H,1-3H3,(H,28,29,34)(H,30,32,37). The zero-order valence-electron chi connectivity index (χ0n) is 20.3. The molecule has 37 heavy (non-hydrogen) atoms. The van der Waals surface area contributed by atoms with Gasteiger partial charge in [-0.25, -0.2) is 4.79 Å². The lowest BCUT2D eigenvalue weighted by atomic mass is 10.1. The minimum absolute atomic E-state index is 0.0535. The van der Waals surface area contributed by atoms with Crippen LogP contribution in [0.15, 0.2) is 78.6 Å². The van der Waals surface area contributed by atoms with Crippen molar-refractivity contribution in [1.29, 1.82) is 0 Å². The van der Waals surface area contributed by atoms with Crippen LogP contribution in [0.1, 0.15) is 26.3 Å². The molecule has 0 aliphatic carbocycles. The van der Waals surface area contributed by atoms with E-state index in [-0.39, 0.29) is 10.7 Å². The number of ether oxygens (including phenoxy) is 2. The Balaban J connectivity index is 1.58. The lowest BCUT2D eigenvalue weighted by Gasteiger charge is -2.29. The van der Waals surface area contributed by atoms with Gasteiger partial charge in [-0.1, -0.05) is 18.2 Å². The third-order valence-electron chi connectivity index (χ3n) is 4.96. The van der Waals surface area contributed by atoms with Crippen LogP contribution in [0.2, 0.25) is 0 Å². The molecule has 2 aromatic carbocycles. The average molecular weight is 517 g/mol. The number of carbonyl (C=O) groups excluding carboxylic acids is 3. The number of para-hydroxylation sites is 1. The van der Waals surface area contributed by atoms with Crippen molar-refractivity contribution in [1.82, 2.24) is 10.3 Å². The van der Waals surface area contributed by atoms with Crippen LogP contribution >= 0.6 is 12.2 Å². The van der Waals surface area contributed by atoms with E-state index >= 15 is 0 Å². The number of rotatable bonds is 5. The molecular formula is C27H24N4O5S. The molecule has 10 heteroatoms. The van der Waals surface area contributed by atoms with Crippen molar-refractivity contribution in [3.63, 3.8) is 0 Å². The monoisotopic (exact) mass is 516 g/mol. The second-order valence-corrected chi connectivity index (χ2v) is 9.34. The Morgan fingerprint density at radius 1 is 1.03 bits per heavy atom. The zero-order chi connectivity index (χ0) is 26.6. The topological polar surface area (TPSA) is 110 Å². The first kappa shape index (κ1) is 25.5. The van der Waals surface area contributed by atoms with Crippen molar-refractivity contribution in [3.05, 3.63) is 84.2 Å².